The molecule has 0 amide bonds. The van der Waals surface area contributed by atoms with E-state index in [9.17, 15) is 0 Å². The van der Waals surface area contributed by atoms with Crippen LogP contribution >= 0.6 is 0 Å². The normalized spacial score (nSPS) is 12.3. The highest BCUT2D eigenvalue weighted by molar-refractivity contribution is 5.10. The van der Waals surface area contributed by atoms with Crippen molar-refractivity contribution in [2.24, 2.45) is 0 Å². The maximum Gasteiger partial charge on any atom is 0.0950 e. The van der Waals surface area contributed by atoms with Crippen molar-refractivity contribution in [1.82, 2.24) is 5.32 Å². The first-order chi connectivity index (χ1) is 5.84. The van der Waals surface area contributed by atoms with E-state index in [2.05, 4.69) is 18.2 Å². The zero-order valence-electron chi connectivity index (χ0n) is 7.21. The van der Waals surface area contributed by atoms with Gasteiger partial charge in [-0.1, -0.05) is 0 Å². The molecular formula is C10H13NO. The molecule has 0 aromatic carbocycles. The summed E-state index contributed by atoms with van der Waals surface area (Å²) in [7, 11) is 0. The third-order valence-electron chi connectivity index (χ3n) is 1.76. The Morgan fingerprint density at radius 2 is 2.58 bits per heavy atom. The van der Waals surface area contributed by atoms with Crippen LogP contribution in [0.4, 0.5) is 0 Å². The Hall–Kier alpha value is -1.20. The summed E-state index contributed by atoms with van der Waals surface area (Å²) in [5.74, 6) is 2.58. The van der Waals surface area contributed by atoms with Crippen LogP contribution in [-0.2, 0) is 0 Å². The Balaban J connectivity index is 2.30. The molecule has 2 heteroatoms. The van der Waals surface area contributed by atoms with E-state index in [1.54, 1.807) is 12.5 Å². The fraction of sp³-hybridized carbons (Fsp3) is 0.400. The quantitative estimate of drug-likeness (QED) is 0.542. The summed E-state index contributed by atoms with van der Waals surface area (Å²) in [4.78, 5) is 0. The molecule has 0 saturated heterocycles. The lowest BCUT2D eigenvalue weighted by Gasteiger charge is -2.09. The fourth-order valence-corrected chi connectivity index (χ4v) is 1.00. The van der Waals surface area contributed by atoms with Crippen molar-refractivity contribution >= 4 is 0 Å². The molecule has 1 aromatic heterocycles. The highest BCUT2D eigenvalue weighted by Crippen LogP contribution is 2.11. The zero-order chi connectivity index (χ0) is 8.81. The first-order valence-electron chi connectivity index (χ1n) is 4.03. The Morgan fingerprint density at radius 3 is 3.17 bits per heavy atom. The smallest absolute Gasteiger partial charge is 0.0950 e. The van der Waals surface area contributed by atoms with Crippen molar-refractivity contribution < 1.29 is 4.42 Å². The molecule has 0 spiro atoms. The Morgan fingerprint density at radius 1 is 1.75 bits per heavy atom. The molecule has 1 heterocycles. The Kier molecular flexibility index (Phi) is 3.43. The van der Waals surface area contributed by atoms with Gasteiger partial charge >= 0.3 is 0 Å². The van der Waals surface area contributed by atoms with E-state index >= 15 is 0 Å². The molecule has 12 heavy (non-hydrogen) atoms. The third-order valence-corrected chi connectivity index (χ3v) is 1.76. The fourth-order valence-electron chi connectivity index (χ4n) is 1.00. The Bertz CT molecular complexity index is 245. The minimum absolute atomic E-state index is 0.317. The van der Waals surface area contributed by atoms with Crippen LogP contribution in [-0.4, -0.2) is 6.54 Å². The van der Waals surface area contributed by atoms with Gasteiger partial charge in [-0.05, 0) is 13.0 Å². The van der Waals surface area contributed by atoms with Gasteiger partial charge < -0.3 is 9.73 Å². The van der Waals surface area contributed by atoms with Crippen LogP contribution in [0.25, 0.3) is 0 Å². The summed E-state index contributed by atoms with van der Waals surface area (Å²) in [6.07, 6.45) is 9.31. The first kappa shape index (κ1) is 8.89. The van der Waals surface area contributed by atoms with Gasteiger partial charge in [0.1, 0.15) is 0 Å². The molecule has 0 saturated carbocycles. The van der Waals surface area contributed by atoms with Gasteiger partial charge in [0, 0.05) is 24.6 Å². The minimum atomic E-state index is 0.317. The Labute approximate surface area is 73.0 Å². The van der Waals surface area contributed by atoms with Crippen LogP contribution in [0.15, 0.2) is 23.0 Å². The van der Waals surface area contributed by atoms with E-state index in [0.717, 1.165) is 18.5 Å². The maximum atomic E-state index is 5.12. The largest absolute Gasteiger partial charge is 0.472 e. The van der Waals surface area contributed by atoms with E-state index in [-0.39, 0.29) is 0 Å². The highest BCUT2D eigenvalue weighted by Gasteiger charge is 2.03. The monoisotopic (exact) mass is 163 g/mol. The van der Waals surface area contributed by atoms with Crippen molar-refractivity contribution in [3.63, 3.8) is 0 Å². The van der Waals surface area contributed by atoms with E-state index in [1.165, 1.54) is 0 Å². The standard InChI is InChI=1S/C10H13NO/c1-3-4-6-11-9(2)10-5-7-12-8-10/h1,5,7-9,11H,4,6H2,2H3. The molecule has 2 nitrogen and oxygen atoms in total. The lowest BCUT2D eigenvalue weighted by atomic mass is 10.2. The lowest BCUT2D eigenvalue weighted by molar-refractivity contribution is 0.542. The van der Waals surface area contributed by atoms with Gasteiger partial charge in [-0.2, -0.15) is 0 Å². The predicted octanol–water partition coefficient (Wildman–Crippen LogP) is 1.95. The topological polar surface area (TPSA) is 25.2 Å². The molecule has 1 aromatic rings. The highest BCUT2D eigenvalue weighted by atomic mass is 16.3. The number of nitrogens with one attached hydrogen (secondary N) is 1. The molecule has 64 valence electrons. The van der Waals surface area contributed by atoms with Crippen LogP contribution < -0.4 is 5.32 Å². The average molecular weight is 163 g/mol. The molecule has 0 aliphatic rings. The second kappa shape index (κ2) is 4.63. The molecule has 0 fully saturated rings. The number of furan rings is 1. The van der Waals surface area contributed by atoms with Gasteiger partial charge in [0.25, 0.3) is 0 Å². The van der Waals surface area contributed by atoms with Gasteiger partial charge in [0.2, 0.25) is 0 Å². The molecule has 0 radical (unpaired) electrons. The van der Waals surface area contributed by atoms with Crippen LogP contribution in [0.5, 0.6) is 0 Å². The summed E-state index contributed by atoms with van der Waals surface area (Å²) in [5, 5.41) is 3.28. The van der Waals surface area contributed by atoms with E-state index in [0.29, 0.717) is 6.04 Å². The molecule has 0 bridgehead atoms. The SMILES string of the molecule is C#CCCNC(C)c1ccoc1. The number of terminal acetylenes is 1. The molecular weight excluding hydrogens is 150 g/mol. The molecule has 0 aliphatic heterocycles. The second-order valence-corrected chi connectivity index (χ2v) is 2.69. The van der Waals surface area contributed by atoms with Gasteiger partial charge in [-0.25, -0.2) is 0 Å². The lowest BCUT2D eigenvalue weighted by Crippen LogP contribution is -2.18. The van der Waals surface area contributed by atoms with Gasteiger partial charge in [-0.15, -0.1) is 12.3 Å². The molecule has 1 N–H and O–H groups in total. The minimum Gasteiger partial charge on any atom is -0.472 e. The van der Waals surface area contributed by atoms with E-state index < -0.39 is 0 Å². The summed E-state index contributed by atoms with van der Waals surface area (Å²) in [5.41, 5.74) is 1.16. The van der Waals surface area contributed by atoms with Crippen LogP contribution in [0.1, 0.15) is 24.9 Å². The van der Waals surface area contributed by atoms with Crippen molar-refractivity contribution in [3.8, 4) is 12.3 Å². The average Bonchev–Trinajstić information content (AvgIpc) is 2.56. The van der Waals surface area contributed by atoms with E-state index in [1.807, 2.05) is 6.07 Å². The van der Waals surface area contributed by atoms with Crippen molar-refractivity contribution in [3.05, 3.63) is 24.2 Å². The molecule has 1 atom stereocenters. The van der Waals surface area contributed by atoms with Gasteiger partial charge in [0.15, 0.2) is 0 Å². The van der Waals surface area contributed by atoms with Crippen molar-refractivity contribution in [2.45, 2.75) is 19.4 Å². The van der Waals surface area contributed by atoms with Crippen LogP contribution in [0.3, 0.4) is 0 Å². The first-order valence-corrected chi connectivity index (χ1v) is 4.03. The second-order valence-electron chi connectivity index (χ2n) is 2.69. The molecule has 1 unspecified atom stereocenters. The summed E-state index contributed by atoms with van der Waals surface area (Å²) >= 11 is 0. The summed E-state index contributed by atoms with van der Waals surface area (Å²) in [6.45, 7) is 2.93. The summed E-state index contributed by atoms with van der Waals surface area (Å²) in [6, 6.07) is 2.27. The van der Waals surface area contributed by atoms with Crippen molar-refractivity contribution in [2.75, 3.05) is 6.54 Å². The number of hydrogen-bond acceptors (Lipinski definition) is 2. The molecule has 1 rings (SSSR count). The predicted molar refractivity (Wildman–Crippen MR) is 48.6 cm³/mol. The summed E-state index contributed by atoms with van der Waals surface area (Å²) < 4.78 is 4.96. The third kappa shape index (κ3) is 2.44. The zero-order valence-corrected chi connectivity index (χ0v) is 7.21. The van der Waals surface area contributed by atoms with Gasteiger partial charge in [0.05, 0.1) is 12.5 Å². The van der Waals surface area contributed by atoms with Crippen molar-refractivity contribution in [1.29, 1.82) is 0 Å². The number of hydrogen-bond donors (Lipinski definition) is 1. The van der Waals surface area contributed by atoms with E-state index in [4.69, 9.17) is 10.8 Å². The van der Waals surface area contributed by atoms with Crippen LogP contribution in [0.2, 0.25) is 0 Å². The number of rotatable bonds is 4. The maximum absolute atomic E-state index is 5.12. The van der Waals surface area contributed by atoms with Crippen LogP contribution in [0, 0.1) is 12.3 Å². The van der Waals surface area contributed by atoms with Gasteiger partial charge in [-0.3, -0.25) is 0 Å². The molecule has 0 aliphatic carbocycles.